The Morgan fingerprint density at radius 2 is 2.11 bits per heavy atom. The van der Waals surface area contributed by atoms with Crippen molar-refractivity contribution in [1.82, 2.24) is 5.32 Å². The molecule has 1 saturated heterocycles. The number of rotatable bonds is 5. The molecule has 2 rings (SSSR count). The maximum absolute atomic E-state index is 11.8. The molecule has 0 saturated carbocycles. The van der Waals surface area contributed by atoms with E-state index in [2.05, 4.69) is 10.6 Å². The summed E-state index contributed by atoms with van der Waals surface area (Å²) in [5.74, 6) is 1.10. The predicted molar refractivity (Wildman–Crippen MR) is 83.4 cm³/mol. The van der Waals surface area contributed by atoms with Crippen LogP contribution < -0.4 is 10.6 Å². The van der Waals surface area contributed by atoms with E-state index in [1.165, 1.54) is 18.6 Å². The largest absolute Gasteiger partial charge is 0.322 e. The zero-order valence-electron chi connectivity index (χ0n) is 10.4. The van der Waals surface area contributed by atoms with Crippen LogP contribution in [0.5, 0.6) is 0 Å². The highest BCUT2D eigenvalue weighted by Gasteiger charge is 2.15. The van der Waals surface area contributed by atoms with E-state index in [1.54, 1.807) is 18.2 Å². The van der Waals surface area contributed by atoms with E-state index < -0.39 is 0 Å². The van der Waals surface area contributed by atoms with Crippen molar-refractivity contribution in [3.05, 3.63) is 28.2 Å². The van der Waals surface area contributed by atoms with Crippen LogP contribution >= 0.6 is 35.0 Å². The summed E-state index contributed by atoms with van der Waals surface area (Å²) in [6.45, 7) is 1.15. The molecule has 6 heteroatoms. The molecule has 0 aliphatic carbocycles. The summed E-state index contributed by atoms with van der Waals surface area (Å²) in [6.07, 6.45) is 2.51. The number of amides is 1. The summed E-state index contributed by atoms with van der Waals surface area (Å²) in [6, 6.07) is 5.15. The lowest BCUT2D eigenvalue weighted by Gasteiger charge is -2.11. The molecule has 2 N–H and O–H groups in total. The van der Waals surface area contributed by atoms with Gasteiger partial charge < -0.3 is 10.6 Å². The van der Waals surface area contributed by atoms with Crippen LogP contribution in [0, 0.1) is 0 Å². The number of halogens is 2. The van der Waals surface area contributed by atoms with E-state index in [1.807, 2.05) is 11.8 Å². The van der Waals surface area contributed by atoms with Gasteiger partial charge in [0.1, 0.15) is 0 Å². The second kappa shape index (κ2) is 7.39. The third kappa shape index (κ3) is 4.56. The lowest BCUT2D eigenvalue weighted by Crippen LogP contribution is -2.32. The van der Waals surface area contributed by atoms with Crippen LogP contribution in [-0.2, 0) is 4.79 Å². The number of hydrogen-bond acceptors (Lipinski definition) is 3. The maximum Gasteiger partial charge on any atom is 0.238 e. The Hall–Kier alpha value is -0.420. The summed E-state index contributed by atoms with van der Waals surface area (Å²) in [7, 11) is 0. The van der Waals surface area contributed by atoms with Crippen molar-refractivity contribution in [2.75, 3.05) is 24.2 Å². The minimum atomic E-state index is -0.127. The fourth-order valence-electron chi connectivity index (χ4n) is 1.95. The van der Waals surface area contributed by atoms with Crippen molar-refractivity contribution in [2.45, 2.75) is 18.1 Å². The quantitative estimate of drug-likeness (QED) is 0.874. The van der Waals surface area contributed by atoms with Crippen LogP contribution in [-0.4, -0.2) is 30.0 Å². The summed E-state index contributed by atoms with van der Waals surface area (Å²) in [5.41, 5.74) is 0.480. The first-order valence-corrected chi connectivity index (χ1v) is 8.03. The number of anilines is 1. The lowest BCUT2D eigenvalue weighted by molar-refractivity contribution is -0.115. The molecule has 1 atom stereocenters. The van der Waals surface area contributed by atoms with Gasteiger partial charge in [-0.15, -0.1) is 0 Å². The molecule has 1 aromatic carbocycles. The van der Waals surface area contributed by atoms with Crippen molar-refractivity contribution in [2.24, 2.45) is 0 Å². The Balaban J connectivity index is 1.77. The first-order valence-electron chi connectivity index (χ1n) is 6.23. The fraction of sp³-hybridized carbons (Fsp3) is 0.462. The van der Waals surface area contributed by atoms with E-state index in [0.29, 0.717) is 21.0 Å². The zero-order valence-corrected chi connectivity index (χ0v) is 12.7. The van der Waals surface area contributed by atoms with Crippen LogP contribution in [0.25, 0.3) is 0 Å². The molecule has 1 aliphatic rings. The first kappa shape index (κ1) is 15.0. The summed E-state index contributed by atoms with van der Waals surface area (Å²) < 4.78 is 0. The minimum Gasteiger partial charge on any atom is -0.322 e. The Kier molecular flexibility index (Phi) is 5.82. The molecule has 0 bridgehead atoms. The molecule has 1 aromatic rings. The van der Waals surface area contributed by atoms with E-state index in [0.717, 1.165) is 6.54 Å². The van der Waals surface area contributed by atoms with Crippen molar-refractivity contribution < 1.29 is 4.79 Å². The van der Waals surface area contributed by atoms with Crippen molar-refractivity contribution in [3.8, 4) is 0 Å². The normalized spacial score (nSPS) is 18.5. The zero-order chi connectivity index (χ0) is 13.7. The second-order valence-corrected chi connectivity index (χ2v) is 6.63. The molecular weight excluding hydrogens is 303 g/mol. The summed E-state index contributed by atoms with van der Waals surface area (Å²) >= 11 is 13.9. The van der Waals surface area contributed by atoms with Crippen LogP contribution in [0.15, 0.2) is 18.2 Å². The lowest BCUT2D eigenvalue weighted by atomic mass is 10.2. The van der Waals surface area contributed by atoms with Crippen LogP contribution in [0.3, 0.4) is 0 Å². The number of carbonyl (C=O) groups excluding carboxylic acids is 1. The van der Waals surface area contributed by atoms with E-state index in [-0.39, 0.29) is 12.5 Å². The summed E-state index contributed by atoms with van der Waals surface area (Å²) in [5, 5.41) is 7.44. The number of para-hydroxylation sites is 1. The average Bonchev–Trinajstić information content (AvgIpc) is 2.87. The van der Waals surface area contributed by atoms with Gasteiger partial charge in [-0.05, 0) is 30.7 Å². The molecular formula is C13H16Cl2N2OS. The van der Waals surface area contributed by atoms with Gasteiger partial charge in [-0.25, -0.2) is 0 Å². The Morgan fingerprint density at radius 1 is 1.37 bits per heavy atom. The van der Waals surface area contributed by atoms with Gasteiger partial charge in [-0.2, -0.15) is 11.8 Å². The van der Waals surface area contributed by atoms with Gasteiger partial charge in [-0.1, -0.05) is 29.3 Å². The maximum atomic E-state index is 11.8. The highest BCUT2D eigenvalue weighted by atomic mass is 35.5. The molecule has 1 unspecified atom stereocenters. The molecule has 1 amide bonds. The van der Waals surface area contributed by atoms with Gasteiger partial charge in [0, 0.05) is 11.8 Å². The fourth-order valence-corrected chi connectivity index (χ4v) is 3.68. The first-order chi connectivity index (χ1) is 9.16. The molecule has 1 aliphatic heterocycles. The van der Waals surface area contributed by atoms with Crippen LogP contribution in [0.2, 0.25) is 10.0 Å². The molecule has 1 heterocycles. The van der Waals surface area contributed by atoms with Gasteiger partial charge in [0.15, 0.2) is 0 Å². The Labute approximate surface area is 127 Å². The molecule has 19 heavy (non-hydrogen) atoms. The van der Waals surface area contributed by atoms with E-state index >= 15 is 0 Å². The number of benzene rings is 1. The monoisotopic (exact) mass is 318 g/mol. The predicted octanol–water partition coefficient (Wildman–Crippen LogP) is 3.42. The molecule has 104 valence electrons. The molecule has 1 fully saturated rings. The standard InChI is InChI=1S/C13H16Cl2N2OS/c14-10-4-1-5-11(15)13(10)17-12(18)8-16-7-9-3-2-6-19-9/h1,4-5,9,16H,2-3,6-8H2,(H,17,18). The van der Waals surface area contributed by atoms with Gasteiger partial charge >= 0.3 is 0 Å². The topological polar surface area (TPSA) is 41.1 Å². The van der Waals surface area contributed by atoms with Crippen molar-refractivity contribution in [1.29, 1.82) is 0 Å². The second-order valence-electron chi connectivity index (χ2n) is 4.41. The van der Waals surface area contributed by atoms with Gasteiger partial charge in [-0.3, -0.25) is 4.79 Å². The van der Waals surface area contributed by atoms with E-state index in [9.17, 15) is 4.79 Å². The minimum absolute atomic E-state index is 0.127. The van der Waals surface area contributed by atoms with Gasteiger partial charge in [0.25, 0.3) is 0 Å². The summed E-state index contributed by atoms with van der Waals surface area (Å²) in [4.78, 5) is 11.8. The van der Waals surface area contributed by atoms with Crippen molar-refractivity contribution in [3.63, 3.8) is 0 Å². The van der Waals surface area contributed by atoms with Gasteiger partial charge in [0.05, 0.1) is 22.3 Å². The smallest absolute Gasteiger partial charge is 0.238 e. The molecule has 3 nitrogen and oxygen atoms in total. The van der Waals surface area contributed by atoms with Crippen molar-refractivity contribution >= 4 is 46.6 Å². The number of carbonyl (C=O) groups is 1. The molecule has 0 radical (unpaired) electrons. The highest BCUT2D eigenvalue weighted by molar-refractivity contribution is 8.00. The Bertz CT molecular complexity index is 430. The highest BCUT2D eigenvalue weighted by Crippen LogP contribution is 2.29. The van der Waals surface area contributed by atoms with Crippen LogP contribution in [0.4, 0.5) is 5.69 Å². The third-order valence-electron chi connectivity index (χ3n) is 2.91. The molecule has 0 aromatic heterocycles. The molecule has 0 spiro atoms. The van der Waals surface area contributed by atoms with Crippen LogP contribution in [0.1, 0.15) is 12.8 Å². The average molecular weight is 319 g/mol. The Morgan fingerprint density at radius 3 is 2.74 bits per heavy atom. The number of nitrogens with one attached hydrogen (secondary N) is 2. The number of hydrogen-bond donors (Lipinski definition) is 2. The number of thioether (sulfide) groups is 1. The SMILES string of the molecule is O=C(CNCC1CCCS1)Nc1c(Cl)cccc1Cl. The third-order valence-corrected chi connectivity index (χ3v) is 4.94. The van der Waals surface area contributed by atoms with Gasteiger partial charge in [0.2, 0.25) is 5.91 Å². The van der Waals surface area contributed by atoms with E-state index in [4.69, 9.17) is 23.2 Å².